The highest BCUT2D eigenvalue weighted by molar-refractivity contribution is 5.36. The summed E-state index contributed by atoms with van der Waals surface area (Å²) in [6.45, 7) is 6.79. The summed E-state index contributed by atoms with van der Waals surface area (Å²) in [6.07, 6.45) is 17.3. The molecule has 0 bridgehead atoms. The molecular formula is C28H44O4. The van der Waals surface area contributed by atoms with Crippen LogP contribution in [0.15, 0.2) is 18.2 Å². The van der Waals surface area contributed by atoms with Crippen LogP contribution in [-0.4, -0.2) is 24.3 Å². The van der Waals surface area contributed by atoms with Crippen LogP contribution in [0.1, 0.15) is 121 Å². The van der Waals surface area contributed by atoms with Gasteiger partial charge in [0, 0.05) is 0 Å². The van der Waals surface area contributed by atoms with E-state index in [0.717, 1.165) is 6.42 Å². The van der Waals surface area contributed by atoms with Crippen molar-refractivity contribution in [3.63, 3.8) is 0 Å². The molecule has 1 aromatic carbocycles. The van der Waals surface area contributed by atoms with Gasteiger partial charge < -0.3 is 18.9 Å². The van der Waals surface area contributed by atoms with Gasteiger partial charge in [-0.25, -0.2) is 0 Å². The summed E-state index contributed by atoms with van der Waals surface area (Å²) in [4.78, 5) is 0. The van der Waals surface area contributed by atoms with E-state index in [9.17, 15) is 0 Å². The number of hydrogen-bond acceptors (Lipinski definition) is 4. The Morgan fingerprint density at radius 3 is 2.16 bits per heavy atom. The lowest BCUT2D eigenvalue weighted by atomic mass is 9.92. The molecule has 4 rings (SSSR count). The summed E-state index contributed by atoms with van der Waals surface area (Å²) >= 11 is 0. The van der Waals surface area contributed by atoms with Crippen molar-refractivity contribution in [2.24, 2.45) is 0 Å². The van der Waals surface area contributed by atoms with Gasteiger partial charge in [0.15, 0.2) is 12.1 Å². The number of aryl methyl sites for hydroxylation is 1. The Morgan fingerprint density at radius 2 is 1.47 bits per heavy atom. The molecule has 0 spiro atoms. The van der Waals surface area contributed by atoms with Crippen molar-refractivity contribution >= 4 is 0 Å². The Bertz CT molecular complexity index is 715. The molecule has 0 aliphatic carbocycles. The van der Waals surface area contributed by atoms with Crippen molar-refractivity contribution in [2.45, 2.75) is 141 Å². The number of ether oxygens (including phenoxy) is 4. The van der Waals surface area contributed by atoms with Gasteiger partial charge in [-0.05, 0) is 43.4 Å². The summed E-state index contributed by atoms with van der Waals surface area (Å²) in [5, 5.41) is 0. The van der Waals surface area contributed by atoms with Gasteiger partial charge >= 0.3 is 0 Å². The number of unbranched alkanes of at least 4 members (excludes halogenated alkanes) is 11. The molecule has 4 heteroatoms. The largest absolute Gasteiger partial charge is 0.368 e. The number of benzene rings is 1. The highest BCUT2D eigenvalue weighted by Gasteiger charge is 2.57. The minimum atomic E-state index is -0.595. The molecule has 0 saturated carbocycles. The fraction of sp³-hybridized carbons (Fsp3) is 0.786. The van der Waals surface area contributed by atoms with Crippen molar-refractivity contribution in [3.8, 4) is 0 Å². The molecule has 0 radical (unpaired) electrons. The molecule has 3 heterocycles. The first-order valence-electron chi connectivity index (χ1n) is 13.3. The van der Waals surface area contributed by atoms with Crippen LogP contribution in [0.5, 0.6) is 0 Å². The van der Waals surface area contributed by atoms with Crippen LogP contribution in [0.4, 0.5) is 0 Å². The van der Waals surface area contributed by atoms with E-state index >= 15 is 0 Å². The van der Waals surface area contributed by atoms with Gasteiger partial charge in [-0.3, -0.25) is 0 Å². The molecule has 4 atom stereocenters. The van der Waals surface area contributed by atoms with E-state index in [0.29, 0.717) is 6.61 Å². The molecule has 180 valence electrons. The molecule has 0 aromatic heterocycles. The average molecular weight is 445 g/mol. The monoisotopic (exact) mass is 444 g/mol. The van der Waals surface area contributed by atoms with E-state index in [4.69, 9.17) is 18.9 Å². The second-order valence-corrected chi connectivity index (χ2v) is 10.5. The van der Waals surface area contributed by atoms with E-state index in [-0.39, 0.29) is 24.6 Å². The van der Waals surface area contributed by atoms with Crippen molar-refractivity contribution in [1.82, 2.24) is 0 Å². The summed E-state index contributed by atoms with van der Waals surface area (Å²) in [5.74, 6) is -0.595. The first-order valence-corrected chi connectivity index (χ1v) is 13.3. The zero-order chi connectivity index (χ0) is 22.4. The third-order valence-corrected chi connectivity index (χ3v) is 7.26. The van der Waals surface area contributed by atoms with Crippen LogP contribution < -0.4 is 0 Å². The summed E-state index contributed by atoms with van der Waals surface area (Å²) < 4.78 is 24.3. The van der Waals surface area contributed by atoms with Crippen molar-refractivity contribution in [1.29, 1.82) is 0 Å². The maximum Gasteiger partial charge on any atom is 0.190 e. The third-order valence-electron chi connectivity index (χ3n) is 7.26. The van der Waals surface area contributed by atoms with Crippen molar-refractivity contribution in [2.75, 3.05) is 0 Å². The molecular weight excluding hydrogens is 400 g/mol. The van der Waals surface area contributed by atoms with Gasteiger partial charge in [0.25, 0.3) is 0 Å². The van der Waals surface area contributed by atoms with Crippen LogP contribution in [0.2, 0.25) is 0 Å². The minimum Gasteiger partial charge on any atom is -0.368 e. The quantitative estimate of drug-likeness (QED) is 0.297. The fourth-order valence-corrected chi connectivity index (χ4v) is 5.48. The van der Waals surface area contributed by atoms with Crippen LogP contribution in [0.3, 0.4) is 0 Å². The molecule has 4 nitrogen and oxygen atoms in total. The van der Waals surface area contributed by atoms with Crippen LogP contribution in [0.25, 0.3) is 0 Å². The molecule has 0 N–H and O–H groups in total. The first-order chi connectivity index (χ1) is 15.6. The average Bonchev–Trinajstić information content (AvgIpc) is 3.26. The van der Waals surface area contributed by atoms with Gasteiger partial charge in [-0.15, -0.1) is 0 Å². The standard InChI is InChI=1S/C28H44O4/c1-4-5-6-7-8-9-10-11-12-13-14-15-16-21-17-18-23-22(19-21)20-29-25-24(23)30-27-26(25)31-28(2,3)32-27/h17-19,24-27H,4-16,20H2,1-3H3/t24-,25+,26-,27-/m1/s1. The molecule has 32 heavy (non-hydrogen) atoms. The van der Waals surface area contributed by atoms with Crippen molar-refractivity contribution < 1.29 is 18.9 Å². The van der Waals surface area contributed by atoms with E-state index in [1.165, 1.54) is 93.7 Å². The highest BCUT2D eigenvalue weighted by Crippen LogP contribution is 2.47. The molecule has 1 aromatic rings. The van der Waals surface area contributed by atoms with E-state index in [1.807, 2.05) is 13.8 Å². The molecule has 3 aliphatic rings. The number of fused-ring (bicyclic) bond motifs is 5. The maximum absolute atomic E-state index is 6.20. The Kier molecular flexibility index (Phi) is 8.67. The summed E-state index contributed by atoms with van der Waals surface area (Å²) in [6, 6.07) is 6.85. The molecule has 0 amide bonds. The van der Waals surface area contributed by atoms with E-state index in [1.54, 1.807) is 0 Å². The van der Waals surface area contributed by atoms with Crippen molar-refractivity contribution in [3.05, 3.63) is 34.9 Å². The lowest BCUT2D eigenvalue weighted by Gasteiger charge is -2.31. The highest BCUT2D eigenvalue weighted by atomic mass is 16.8. The fourth-order valence-electron chi connectivity index (χ4n) is 5.48. The predicted molar refractivity (Wildman–Crippen MR) is 127 cm³/mol. The second kappa shape index (κ2) is 11.5. The topological polar surface area (TPSA) is 36.9 Å². The first kappa shape index (κ1) is 24.2. The zero-order valence-corrected chi connectivity index (χ0v) is 20.6. The van der Waals surface area contributed by atoms with Gasteiger partial charge in [-0.2, -0.15) is 0 Å². The van der Waals surface area contributed by atoms with E-state index in [2.05, 4.69) is 25.1 Å². The second-order valence-electron chi connectivity index (χ2n) is 10.5. The maximum atomic E-state index is 6.20. The van der Waals surface area contributed by atoms with E-state index < -0.39 is 5.79 Å². The molecule has 2 fully saturated rings. The molecule has 3 aliphatic heterocycles. The Hall–Kier alpha value is -0.940. The minimum absolute atomic E-state index is 0.0727. The van der Waals surface area contributed by atoms with Gasteiger partial charge in [-0.1, -0.05) is 95.8 Å². The van der Waals surface area contributed by atoms with Crippen LogP contribution in [0, 0.1) is 0 Å². The van der Waals surface area contributed by atoms with Gasteiger partial charge in [0.1, 0.15) is 18.3 Å². The summed E-state index contributed by atoms with van der Waals surface area (Å²) in [5.41, 5.74) is 3.94. The lowest BCUT2D eigenvalue weighted by molar-refractivity contribution is -0.223. The normalized spacial score (nSPS) is 27.8. The van der Waals surface area contributed by atoms with Crippen LogP contribution >= 0.6 is 0 Å². The SMILES string of the molecule is CCCCCCCCCCCCCCc1ccc2c(c1)CO[C@@H]1[C@H]3OC(C)(C)O[C@H]3O[C@H]21. The van der Waals surface area contributed by atoms with Gasteiger partial charge in [0.05, 0.1) is 6.61 Å². The lowest BCUT2D eigenvalue weighted by Crippen LogP contribution is -2.36. The number of hydrogen-bond donors (Lipinski definition) is 0. The Labute approximate surface area is 195 Å². The third kappa shape index (κ3) is 6.14. The smallest absolute Gasteiger partial charge is 0.190 e. The molecule has 0 unspecified atom stereocenters. The Morgan fingerprint density at radius 1 is 0.812 bits per heavy atom. The van der Waals surface area contributed by atoms with Gasteiger partial charge in [0.2, 0.25) is 0 Å². The Balaban J connectivity index is 1.12. The number of rotatable bonds is 13. The molecule has 2 saturated heterocycles. The predicted octanol–water partition coefficient (Wildman–Crippen LogP) is 7.38. The van der Waals surface area contributed by atoms with Crippen LogP contribution in [-0.2, 0) is 32.0 Å². The zero-order valence-electron chi connectivity index (χ0n) is 20.6. The summed E-state index contributed by atoms with van der Waals surface area (Å²) in [7, 11) is 0.